The first-order valence-electron chi connectivity index (χ1n) is 5.57. The molecule has 0 aliphatic carbocycles. The van der Waals surface area contributed by atoms with Crippen molar-refractivity contribution >= 4 is 22.9 Å². The van der Waals surface area contributed by atoms with Crippen molar-refractivity contribution in [3.8, 4) is 11.5 Å². The lowest BCUT2D eigenvalue weighted by Gasteiger charge is -2.12. The number of hydrogen-bond acceptors (Lipinski definition) is 3. The van der Waals surface area contributed by atoms with Gasteiger partial charge in [0.2, 0.25) is 0 Å². The Labute approximate surface area is 116 Å². The summed E-state index contributed by atoms with van der Waals surface area (Å²) in [5.74, 6) is 1.72. The molecule has 0 fully saturated rings. The topological polar surface area (TPSA) is 18.5 Å². The molecular formula is C14H15ClO2S. The second-order valence-corrected chi connectivity index (χ2v) is 5.33. The van der Waals surface area contributed by atoms with E-state index in [0.717, 1.165) is 27.5 Å². The third-order valence-corrected chi connectivity index (χ3v) is 4.38. The van der Waals surface area contributed by atoms with Gasteiger partial charge in [-0.3, -0.25) is 0 Å². The average molecular weight is 283 g/mol. The molecule has 0 spiro atoms. The van der Waals surface area contributed by atoms with Crippen molar-refractivity contribution in [2.45, 2.75) is 12.3 Å². The smallest absolute Gasteiger partial charge is 0.134 e. The minimum atomic E-state index is -0.190. The van der Waals surface area contributed by atoms with Crippen molar-refractivity contribution in [2.75, 3.05) is 14.2 Å². The third kappa shape index (κ3) is 2.47. The van der Waals surface area contributed by atoms with E-state index >= 15 is 0 Å². The maximum atomic E-state index is 6.51. The summed E-state index contributed by atoms with van der Waals surface area (Å²) >= 11 is 8.12. The highest BCUT2D eigenvalue weighted by atomic mass is 35.5. The average Bonchev–Trinajstić information content (AvgIpc) is 2.86. The predicted molar refractivity (Wildman–Crippen MR) is 76.3 cm³/mol. The van der Waals surface area contributed by atoms with E-state index in [0.29, 0.717) is 0 Å². The molecule has 2 aromatic rings. The summed E-state index contributed by atoms with van der Waals surface area (Å²) < 4.78 is 10.6. The van der Waals surface area contributed by atoms with Crippen LogP contribution >= 0.6 is 22.9 Å². The third-order valence-electron chi connectivity index (χ3n) is 2.82. The molecule has 96 valence electrons. The van der Waals surface area contributed by atoms with Crippen LogP contribution < -0.4 is 9.47 Å². The molecule has 1 atom stereocenters. The van der Waals surface area contributed by atoms with E-state index in [1.165, 1.54) is 0 Å². The van der Waals surface area contributed by atoms with Crippen LogP contribution in [0.25, 0.3) is 0 Å². The van der Waals surface area contributed by atoms with Gasteiger partial charge in [-0.15, -0.1) is 22.9 Å². The second-order valence-electron chi connectivity index (χ2n) is 3.94. The Morgan fingerprint density at radius 1 is 1.11 bits per heavy atom. The molecule has 1 aromatic carbocycles. The summed E-state index contributed by atoms with van der Waals surface area (Å²) in [5, 5.41) is 1.80. The minimum Gasteiger partial charge on any atom is -0.496 e. The summed E-state index contributed by atoms with van der Waals surface area (Å²) in [5.41, 5.74) is 2.13. The molecule has 0 radical (unpaired) electrons. The molecule has 0 saturated carbocycles. The zero-order chi connectivity index (χ0) is 13.1. The molecule has 1 heterocycles. The number of ether oxygens (including phenoxy) is 2. The molecule has 1 aromatic heterocycles. The highest BCUT2D eigenvalue weighted by Gasteiger charge is 2.17. The van der Waals surface area contributed by atoms with Crippen molar-refractivity contribution < 1.29 is 9.47 Å². The molecule has 0 amide bonds. The lowest BCUT2D eigenvalue weighted by atomic mass is 10.1. The number of benzene rings is 1. The van der Waals surface area contributed by atoms with Gasteiger partial charge in [0.05, 0.1) is 24.5 Å². The Kier molecular flexibility index (Phi) is 4.15. The molecule has 2 nitrogen and oxygen atoms in total. The number of halogens is 1. The monoisotopic (exact) mass is 282 g/mol. The van der Waals surface area contributed by atoms with Gasteiger partial charge in [0.1, 0.15) is 11.5 Å². The van der Waals surface area contributed by atoms with Crippen LogP contribution in [0.5, 0.6) is 11.5 Å². The normalized spacial score (nSPS) is 12.2. The van der Waals surface area contributed by atoms with Gasteiger partial charge in [-0.05, 0) is 35.6 Å². The van der Waals surface area contributed by atoms with Crippen molar-refractivity contribution in [1.82, 2.24) is 0 Å². The Balaban J connectivity index is 2.34. The van der Waals surface area contributed by atoms with E-state index in [-0.39, 0.29) is 5.38 Å². The summed E-state index contributed by atoms with van der Waals surface area (Å²) in [6, 6.07) is 7.92. The van der Waals surface area contributed by atoms with Gasteiger partial charge < -0.3 is 9.47 Å². The number of alkyl halides is 1. The quantitative estimate of drug-likeness (QED) is 0.774. The van der Waals surface area contributed by atoms with E-state index in [1.54, 1.807) is 25.6 Å². The molecular weight excluding hydrogens is 268 g/mol. The summed E-state index contributed by atoms with van der Waals surface area (Å²) in [7, 11) is 3.33. The van der Waals surface area contributed by atoms with Gasteiger partial charge in [0.25, 0.3) is 0 Å². The van der Waals surface area contributed by atoms with Crippen molar-refractivity contribution in [3.63, 3.8) is 0 Å². The Morgan fingerprint density at radius 2 is 1.83 bits per heavy atom. The fraction of sp³-hybridized carbons (Fsp3) is 0.286. The molecule has 2 rings (SSSR count). The van der Waals surface area contributed by atoms with E-state index in [9.17, 15) is 0 Å². The molecule has 0 bridgehead atoms. The SMILES string of the molecule is COc1ccc(C(Cl)c2sccc2OC)cc1C. The maximum absolute atomic E-state index is 6.51. The zero-order valence-electron chi connectivity index (χ0n) is 10.6. The van der Waals surface area contributed by atoms with Crippen molar-refractivity contribution in [1.29, 1.82) is 0 Å². The van der Waals surface area contributed by atoms with E-state index < -0.39 is 0 Å². The number of methoxy groups -OCH3 is 2. The summed E-state index contributed by atoms with van der Waals surface area (Å²) in [4.78, 5) is 1.03. The standard InChI is InChI=1S/C14H15ClO2S/c1-9-8-10(4-5-11(9)16-2)13(15)14-12(17-3)6-7-18-14/h4-8,13H,1-3H3. The van der Waals surface area contributed by atoms with Crippen LogP contribution in [0.1, 0.15) is 21.4 Å². The largest absolute Gasteiger partial charge is 0.496 e. The van der Waals surface area contributed by atoms with Gasteiger partial charge in [0, 0.05) is 0 Å². The maximum Gasteiger partial charge on any atom is 0.134 e. The Hall–Kier alpha value is -1.19. The second kappa shape index (κ2) is 5.63. The minimum absolute atomic E-state index is 0.190. The Bertz CT molecular complexity index is 536. The van der Waals surface area contributed by atoms with Gasteiger partial charge in [-0.25, -0.2) is 0 Å². The number of rotatable bonds is 4. The van der Waals surface area contributed by atoms with Crippen LogP contribution in [-0.2, 0) is 0 Å². The summed E-state index contributed by atoms with van der Waals surface area (Å²) in [6.45, 7) is 2.01. The highest BCUT2D eigenvalue weighted by molar-refractivity contribution is 7.10. The van der Waals surface area contributed by atoms with Crippen LogP contribution in [-0.4, -0.2) is 14.2 Å². The van der Waals surface area contributed by atoms with Gasteiger partial charge >= 0.3 is 0 Å². The first-order valence-corrected chi connectivity index (χ1v) is 6.89. The van der Waals surface area contributed by atoms with Gasteiger partial charge in [0.15, 0.2) is 0 Å². The molecule has 1 unspecified atom stereocenters. The number of hydrogen-bond donors (Lipinski definition) is 0. The molecule has 0 N–H and O–H groups in total. The highest BCUT2D eigenvalue weighted by Crippen LogP contribution is 2.39. The van der Waals surface area contributed by atoms with E-state index in [4.69, 9.17) is 21.1 Å². The lowest BCUT2D eigenvalue weighted by Crippen LogP contribution is -1.95. The molecule has 0 aliphatic rings. The molecule has 0 saturated heterocycles. The molecule has 18 heavy (non-hydrogen) atoms. The fourth-order valence-corrected chi connectivity index (χ4v) is 3.13. The van der Waals surface area contributed by atoms with Crippen LogP contribution in [0, 0.1) is 6.92 Å². The van der Waals surface area contributed by atoms with Gasteiger partial charge in [-0.2, -0.15) is 0 Å². The zero-order valence-corrected chi connectivity index (χ0v) is 12.1. The summed E-state index contributed by atoms with van der Waals surface area (Å²) in [6.07, 6.45) is 0. The molecule has 4 heteroatoms. The van der Waals surface area contributed by atoms with Crippen LogP contribution in [0.15, 0.2) is 29.6 Å². The van der Waals surface area contributed by atoms with E-state index in [2.05, 4.69) is 6.07 Å². The Morgan fingerprint density at radius 3 is 2.44 bits per heavy atom. The van der Waals surface area contributed by atoms with Crippen LogP contribution in [0.3, 0.4) is 0 Å². The number of aryl methyl sites for hydroxylation is 1. The number of thiophene rings is 1. The predicted octanol–water partition coefficient (Wildman–Crippen LogP) is 4.40. The van der Waals surface area contributed by atoms with Gasteiger partial charge in [-0.1, -0.05) is 12.1 Å². The molecule has 0 aliphatic heterocycles. The van der Waals surface area contributed by atoms with Crippen molar-refractivity contribution in [3.05, 3.63) is 45.6 Å². The first kappa shape index (κ1) is 13.2. The van der Waals surface area contributed by atoms with Crippen LogP contribution in [0.4, 0.5) is 0 Å². The van der Waals surface area contributed by atoms with Crippen molar-refractivity contribution in [2.24, 2.45) is 0 Å². The first-order chi connectivity index (χ1) is 8.67. The van der Waals surface area contributed by atoms with Crippen LogP contribution in [0.2, 0.25) is 0 Å². The lowest BCUT2D eigenvalue weighted by molar-refractivity contribution is 0.411. The van der Waals surface area contributed by atoms with E-state index in [1.807, 2.05) is 30.5 Å². The fourth-order valence-electron chi connectivity index (χ4n) is 1.87.